The molecule has 1 heterocycles. The Morgan fingerprint density at radius 2 is 1.88 bits per heavy atom. The number of rotatable bonds is 3. The van der Waals surface area contributed by atoms with E-state index < -0.39 is 5.41 Å². The van der Waals surface area contributed by atoms with Gasteiger partial charge in [0.1, 0.15) is 6.61 Å². The van der Waals surface area contributed by atoms with Gasteiger partial charge in [-0.15, -0.1) is 0 Å². The summed E-state index contributed by atoms with van der Waals surface area (Å²) in [5.41, 5.74) is 2.16. The average molecular weight is 321 g/mol. The minimum Gasteiger partial charge on any atom is -0.460 e. The number of hydrogen-bond donors (Lipinski definition) is 1. The van der Waals surface area contributed by atoms with E-state index in [4.69, 9.17) is 4.74 Å². The maximum atomic E-state index is 12.7. The molecule has 0 aromatic heterocycles. The van der Waals surface area contributed by atoms with Crippen LogP contribution >= 0.6 is 0 Å². The zero-order chi connectivity index (χ0) is 16.7. The molecule has 0 spiro atoms. The molecule has 2 aromatic rings. The third kappa shape index (κ3) is 2.21. The normalized spacial score (nSPS) is 27.3. The first-order valence-electron chi connectivity index (χ1n) is 8.20. The zero-order valence-electron chi connectivity index (χ0n) is 13.5. The van der Waals surface area contributed by atoms with Crippen molar-refractivity contribution < 1.29 is 14.3 Å². The molecule has 1 amide bonds. The first-order valence-corrected chi connectivity index (χ1v) is 8.20. The lowest BCUT2D eigenvalue weighted by Crippen LogP contribution is -2.56. The predicted octanol–water partition coefficient (Wildman–Crippen LogP) is 3.49. The van der Waals surface area contributed by atoms with Crippen LogP contribution in [0.5, 0.6) is 0 Å². The topological polar surface area (TPSA) is 55.4 Å². The molecule has 122 valence electrons. The van der Waals surface area contributed by atoms with E-state index in [1.165, 1.54) is 0 Å². The number of nitrogens with one attached hydrogen (secondary N) is 1. The fraction of sp³-hybridized carbons (Fsp3) is 0.300. The van der Waals surface area contributed by atoms with E-state index in [1.807, 2.05) is 61.5 Å². The number of para-hydroxylation sites is 1. The van der Waals surface area contributed by atoms with E-state index in [9.17, 15) is 9.59 Å². The maximum absolute atomic E-state index is 12.7. The summed E-state index contributed by atoms with van der Waals surface area (Å²) in [6, 6.07) is 17.4. The second-order valence-electron chi connectivity index (χ2n) is 6.84. The van der Waals surface area contributed by atoms with Crippen molar-refractivity contribution in [1.82, 2.24) is 0 Å². The molecule has 0 unspecified atom stereocenters. The van der Waals surface area contributed by atoms with Crippen molar-refractivity contribution in [1.29, 1.82) is 0 Å². The van der Waals surface area contributed by atoms with E-state index >= 15 is 0 Å². The van der Waals surface area contributed by atoms with Crippen LogP contribution in [-0.2, 0) is 20.9 Å². The largest absolute Gasteiger partial charge is 0.460 e. The number of ether oxygens (including phenoxy) is 1. The fourth-order valence-corrected chi connectivity index (χ4v) is 3.99. The maximum Gasteiger partial charge on any atom is 0.312 e. The quantitative estimate of drug-likeness (QED) is 0.881. The lowest BCUT2D eigenvalue weighted by Gasteiger charge is -2.53. The van der Waals surface area contributed by atoms with Crippen molar-refractivity contribution in [2.75, 3.05) is 5.32 Å². The molecule has 3 atom stereocenters. The van der Waals surface area contributed by atoms with E-state index in [2.05, 4.69) is 5.32 Å². The third-order valence-electron chi connectivity index (χ3n) is 5.30. The summed E-state index contributed by atoms with van der Waals surface area (Å²) in [5, 5.41) is 2.93. The number of benzene rings is 2. The van der Waals surface area contributed by atoms with Gasteiger partial charge in [0.25, 0.3) is 0 Å². The highest BCUT2D eigenvalue weighted by molar-refractivity contribution is 6.00. The van der Waals surface area contributed by atoms with Crippen molar-refractivity contribution in [2.45, 2.75) is 25.9 Å². The summed E-state index contributed by atoms with van der Waals surface area (Å²) < 4.78 is 5.56. The molecule has 0 radical (unpaired) electrons. The Morgan fingerprint density at radius 3 is 2.67 bits per heavy atom. The van der Waals surface area contributed by atoms with Gasteiger partial charge in [-0.2, -0.15) is 0 Å². The molecule has 1 aliphatic carbocycles. The second-order valence-corrected chi connectivity index (χ2v) is 6.84. The van der Waals surface area contributed by atoms with Crippen molar-refractivity contribution in [2.24, 2.45) is 11.3 Å². The fourth-order valence-electron chi connectivity index (χ4n) is 3.99. The summed E-state index contributed by atoms with van der Waals surface area (Å²) in [6.45, 7) is 2.18. The predicted molar refractivity (Wildman–Crippen MR) is 90.3 cm³/mol. The van der Waals surface area contributed by atoms with Gasteiger partial charge in [0.15, 0.2) is 0 Å². The first-order chi connectivity index (χ1) is 11.6. The second kappa shape index (κ2) is 5.48. The van der Waals surface area contributed by atoms with E-state index in [0.717, 1.165) is 16.8 Å². The smallest absolute Gasteiger partial charge is 0.312 e. The van der Waals surface area contributed by atoms with Crippen molar-refractivity contribution in [3.63, 3.8) is 0 Å². The standard InChI is InChI=1S/C20H19NO3/c1-20(19(23)24-12-13-7-3-2-4-8-13)11-15-17(20)14-9-5-6-10-16(14)21-18(15)22/h2-10,15,17H,11-12H2,1H3,(H,21,22)/t15-,17-,20-/m1/s1. The minimum absolute atomic E-state index is 0.00651. The highest BCUT2D eigenvalue weighted by Crippen LogP contribution is 2.60. The SMILES string of the molecule is C[C@@]1(C(=O)OCc2ccccc2)C[C@H]2C(=O)Nc3ccccc3[C@H]21. The molecule has 4 nitrogen and oxygen atoms in total. The van der Waals surface area contributed by atoms with Gasteiger partial charge in [0.2, 0.25) is 5.91 Å². The van der Waals surface area contributed by atoms with Crippen LogP contribution in [0.3, 0.4) is 0 Å². The van der Waals surface area contributed by atoms with Crippen LogP contribution in [0.15, 0.2) is 54.6 Å². The lowest BCUT2D eigenvalue weighted by atomic mass is 9.51. The van der Waals surface area contributed by atoms with Crippen LogP contribution in [-0.4, -0.2) is 11.9 Å². The van der Waals surface area contributed by atoms with Crippen molar-refractivity contribution in [3.05, 3.63) is 65.7 Å². The molecule has 4 rings (SSSR count). The number of carbonyl (C=O) groups is 2. The van der Waals surface area contributed by atoms with Gasteiger partial charge in [-0.05, 0) is 30.5 Å². The van der Waals surface area contributed by atoms with Crippen molar-refractivity contribution >= 4 is 17.6 Å². The monoisotopic (exact) mass is 321 g/mol. The molecule has 24 heavy (non-hydrogen) atoms. The summed E-state index contributed by atoms with van der Waals surface area (Å²) >= 11 is 0. The van der Waals surface area contributed by atoms with Gasteiger partial charge in [-0.1, -0.05) is 48.5 Å². The summed E-state index contributed by atoms with van der Waals surface area (Å²) in [4.78, 5) is 25.0. The van der Waals surface area contributed by atoms with Crippen LogP contribution in [0.2, 0.25) is 0 Å². The Hall–Kier alpha value is -2.62. The molecule has 2 aromatic carbocycles. The Kier molecular flexibility index (Phi) is 3.41. The van der Waals surface area contributed by atoms with Gasteiger partial charge in [0, 0.05) is 17.5 Å². The Morgan fingerprint density at radius 1 is 1.17 bits per heavy atom. The molecular weight excluding hydrogens is 302 g/mol. The molecule has 0 saturated heterocycles. The summed E-state index contributed by atoms with van der Waals surface area (Å²) in [5.74, 6) is -0.468. The molecule has 2 aliphatic rings. The van der Waals surface area contributed by atoms with Crippen molar-refractivity contribution in [3.8, 4) is 0 Å². The summed E-state index contributed by atoms with van der Waals surface area (Å²) in [7, 11) is 0. The molecule has 1 aliphatic heterocycles. The molecular formula is C20H19NO3. The molecule has 1 fully saturated rings. The molecule has 1 N–H and O–H groups in total. The molecule has 1 saturated carbocycles. The Balaban J connectivity index is 1.56. The Bertz CT molecular complexity index is 802. The van der Waals surface area contributed by atoms with Gasteiger partial charge >= 0.3 is 5.97 Å². The van der Waals surface area contributed by atoms with E-state index in [-0.39, 0.29) is 30.3 Å². The van der Waals surface area contributed by atoms with Gasteiger partial charge in [-0.25, -0.2) is 0 Å². The van der Waals surface area contributed by atoms with Gasteiger partial charge < -0.3 is 10.1 Å². The lowest BCUT2D eigenvalue weighted by molar-refractivity contribution is -0.169. The van der Waals surface area contributed by atoms with E-state index in [0.29, 0.717) is 6.42 Å². The average Bonchev–Trinajstić information content (AvgIpc) is 2.59. The highest BCUT2D eigenvalue weighted by Gasteiger charge is 2.61. The van der Waals surface area contributed by atoms with Crippen LogP contribution in [0.4, 0.5) is 5.69 Å². The summed E-state index contributed by atoms with van der Waals surface area (Å²) in [6.07, 6.45) is 0.533. The number of amides is 1. The number of hydrogen-bond acceptors (Lipinski definition) is 3. The number of fused-ring (bicyclic) bond motifs is 3. The number of carbonyl (C=O) groups excluding carboxylic acids is 2. The third-order valence-corrected chi connectivity index (χ3v) is 5.30. The van der Waals surface area contributed by atoms with Gasteiger partial charge in [0.05, 0.1) is 5.41 Å². The first kappa shape index (κ1) is 14.9. The van der Waals surface area contributed by atoms with Crippen LogP contribution in [0.1, 0.15) is 30.4 Å². The molecule has 0 bridgehead atoms. The Labute approximate surface area is 140 Å². The number of anilines is 1. The number of esters is 1. The highest BCUT2D eigenvalue weighted by atomic mass is 16.5. The van der Waals surface area contributed by atoms with Crippen LogP contribution < -0.4 is 5.32 Å². The van der Waals surface area contributed by atoms with Crippen LogP contribution in [0, 0.1) is 11.3 Å². The zero-order valence-corrected chi connectivity index (χ0v) is 13.5. The minimum atomic E-state index is -0.646. The van der Waals surface area contributed by atoms with Crippen LogP contribution in [0.25, 0.3) is 0 Å². The van der Waals surface area contributed by atoms with Gasteiger partial charge in [-0.3, -0.25) is 9.59 Å². The van der Waals surface area contributed by atoms with E-state index in [1.54, 1.807) is 0 Å². The molecule has 4 heteroatoms.